The Morgan fingerprint density at radius 1 is 1.25 bits per heavy atom. The van der Waals surface area contributed by atoms with Gasteiger partial charge in [0.05, 0.1) is 23.3 Å². The summed E-state index contributed by atoms with van der Waals surface area (Å²) >= 11 is 2.54. The highest BCUT2D eigenvalue weighted by atomic mass is 32.2. The number of hydrogen-bond donors (Lipinski definition) is 2. The summed E-state index contributed by atoms with van der Waals surface area (Å²) in [5.74, 6) is -0.394. The van der Waals surface area contributed by atoms with Gasteiger partial charge in [0.2, 0.25) is 11.0 Å². The van der Waals surface area contributed by atoms with Gasteiger partial charge in [-0.3, -0.25) is 19.5 Å². The molecule has 1 aliphatic heterocycles. The minimum atomic E-state index is -0.593. The number of Topliss-reactive ketones (excluding diaryl/α,β-unsaturated/α-hetero) is 1. The van der Waals surface area contributed by atoms with E-state index < -0.39 is 5.92 Å². The number of nitrogens with two attached hydrogens (primary N) is 1. The molecular formula is C29H29N7O2S2. The van der Waals surface area contributed by atoms with Crippen LogP contribution in [0.1, 0.15) is 49.3 Å². The average molecular weight is 572 g/mol. The molecule has 9 nitrogen and oxygen atoms in total. The van der Waals surface area contributed by atoms with Crippen LogP contribution in [0, 0.1) is 30.6 Å². The van der Waals surface area contributed by atoms with Gasteiger partial charge in [-0.1, -0.05) is 49.1 Å². The number of anilines is 2. The van der Waals surface area contributed by atoms with E-state index >= 15 is 0 Å². The Kier molecular flexibility index (Phi) is 7.49. The van der Waals surface area contributed by atoms with Gasteiger partial charge in [0.1, 0.15) is 5.82 Å². The Balaban J connectivity index is 1.44. The molecular weight excluding hydrogens is 543 g/mol. The molecule has 1 aliphatic carbocycles. The number of thioether (sulfide) groups is 1. The van der Waals surface area contributed by atoms with E-state index in [1.165, 1.54) is 23.1 Å². The first-order valence-corrected chi connectivity index (χ1v) is 14.6. The van der Waals surface area contributed by atoms with Gasteiger partial charge >= 0.3 is 0 Å². The Morgan fingerprint density at radius 2 is 2.05 bits per heavy atom. The molecule has 2 aromatic heterocycles. The first-order chi connectivity index (χ1) is 19.1. The van der Waals surface area contributed by atoms with E-state index in [-0.39, 0.29) is 34.3 Å². The lowest BCUT2D eigenvalue weighted by Gasteiger charge is -2.42. The van der Waals surface area contributed by atoms with Gasteiger partial charge in [-0.05, 0) is 60.6 Å². The van der Waals surface area contributed by atoms with Crippen molar-refractivity contribution in [3.63, 3.8) is 0 Å². The summed E-state index contributed by atoms with van der Waals surface area (Å²) in [6.45, 7) is 8.11. The molecule has 204 valence electrons. The van der Waals surface area contributed by atoms with Gasteiger partial charge in [-0.2, -0.15) is 5.26 Å². The van der Waals surface area contributed by atoms with Crippen LogP contribution in [0.25, 0.3) is 0 Å². The Labute approximate surface area is 241 Å². The van der Waals surface area contributed by atoms with Crippen LogP contribution in [-0.4, -0.2) is 32.6 Å². The molecule has 0 saturated heterocycles. The predicted octanol–water partition coefficient (Wildman–Crippen LogP) is 5.22. The lowest BCUT2D eigenvalue weighted by Crippen LogP contribution is -2.42. The molecule has 40 heavy (non-hydrogen) atoms. The number of benzene rings is 1. The predicted molar refractivity (Wildman–Crippen MR) is 157 cm³/mol. The highest BCUT2D eigenvalue weighted by Gasteiger charge is 2.45. The summed E-state index contributed by atoms with van der Waals surface area (Å²) in [6.07, 6.45) is 4.26. The molecule has 3 aromatic rings. The molecule has 3 heterocycles. The van der Waals surface area contributed by atoms with E-state index in [2.05, 4.69) is 26.6 Å². The van der Waals surface area contributed by atoms with Crippen molar-refractivity contribution < 1.29 is 9.59 Å². The van der Waals surface area contributed by atoms with Gasteiger partial charge in [-0.25, -0.2) is 0 Å². The Bertz CT molecular complexity index is 1600. The maximum atomic E-state index is 13.6. The number of carbonyl (C=O) groups excluding carboxylic acids is 2. The summed E-state index contributed by atoms with van der Waals surface area (Å²) in [7, 11) is 0. The smallest absolute Gasteiger partial charge is 0.234 e. The first-order valence-electron chi connectivity index (χ1n) is 12.8. The number of nitriles is 1. The summed E-state index contributed by atoms with van der Waals surface area (Å²) in [5.41, 5.74) is 11.7. The molecule has 1 atom stereocenters. The Morgan fingerprint density at radius 3 is 2.75 bits per heavy atom. The second-order valence-corrected chi connectivity index (χ2v) is 12.9. The maximum Gasteiger partial charge on any atom is 0.234 e. The van der Waals surface area contributed by atoms with E-state index in [1.807, 2.05) is 52.0 Å². The molecule has 0 bridgehead atoms. The van der Waals surface area contributed by atoms with E-state index in [1.54, 1.807) is 23.4 Å². The molecule has 1 amide bonds. The van der Waals surface area contributed by atoms with Crippen LogP contribution >= 0.6 is 23.1 Å². The SMILES string of the molecule is Cc1ccc(NC(=O)CSc2nnc(N3C(N)=C(C#N)C(c4cccnc4)C4=C3CC(C)(C)CC4=O)s2)cc1C. The fourth-order valence-corrected chi connectivity index (χ4v) is 6.78. The highest BCUT2D eigenvalue weighted by molar-refractivity contribution is 8.01. The maximum absolute atomic E-state index is 13.6. The summed E-state index contributed by atoms with van der Waals surface area (Å²) in [6, 6.07) is 11.7. The van der Waals surface area contributed by atoms with E-state index in [0.29, 0.717) is 27.9 Å². The Hall–Kier alpha value is -4.01. The first kappa shape index (κ1) is 27.6. The lowest BCUT2D eigenvalue weighted by atomic mass is 9.69. The average Bonchev–Trinajstić information content (AvgIpc) is 3.37. The fourth-order valence-electron chi connectivity index (χ4n) is 5.10. The minimum Gasteiger partial charge on any atom is -0.384 e. The van der Waals surface area contributed by atoms with Crippen molar-refractivity contribution in [3.05, 3.63) is 82.1 Å². The summed E-state index contributed by atoms with van der Waals surface area (Å²) < 4.78 is 0.578. The molecule has 3 N–H and O–H groups in total. The molecule has 0 fully saturated rings. The zero-order chi connectivity index (χ0) is 28.6. The molecule has 5 rings (SSSR count). The topological polar surface area (TPSA) is 138 Å². The summed E-state index contributed by atoms with van der Waals surface area (Å²) in [4.78, 5) is 32.1. The van der Waals surface area contributed by atoms with E-state index in [0.717, 1.165) is 28.1 Å². The number of nitrogens with zero attached hydrogens (tertiary/aromatic N) is 5. The van der Waals surface area contributed by atoms with Crippen molar-refractivity contribution in [3.8, 4) is 6.07 Å². The van der Waals surface area contributed by atoms with Crippen LogP contribution in [0.3, 0.4) is 0 Å². The van der Waals surface area contributed by atoms with Gasteiger partial charge in [0.15, 0.2) is 10.1 Å². The molecule has 0 spiro atoms. The zero-order valence-electron chi connectivity index (χ0n) is 22.7. The number of ketones is 1. The number of rotatable bonds is 6. The van der Waals surface area contributed by atoms with Crippen LogP contribution in [0.4, 0.5) is 10.8 Å². The summed E-state index contributed by atoms with van der Waals surface area (Å²) in [5, 5.41) is 22.2. The third kappa shape index (κ3) is 5.37. The number of hydrogen-bond acceptors (Lipinski definition) is 10. The molecule has 0 saturated carbocycles. The lowest BCUT2D eigenvalue weighted by molar-refractivity contribution is -0.118. The second-order valence-electron chi connectivity index (χ2n) is 10.8. The van der Waals surface area contributed by atoms with Gasteiger partial charge in [-0.15, -0.1) is 10.2 Å². The normalized spacial score (nSPS) is 18.4. The standard InChI is InChI=1S/C29H29N7O2S2/c1-16-7-8-19(10-17(16)2)33-23(38)15-39-28-35-34-27(40-28)36-21-11-29(3,4)12-22(37)25(21)24(20(13-30)26(36)31)18-6-5-9-32-14-18/h5-10,14,24H,11-12,15,31H2,1-4H3,(H,33,38). The fraction of sp³-hybridized carbons (Fsp3) is 0.310. The molecule has 1 aromatic carbocycles. The number of allylic oxidation sites excluding steroid dienone is 3. The van der Waals surface area contributed by atoms with Crippen molar-refractivity contribution in [2.45, 2.75) is 50.8 Å². The minimum absolute atomic E-state index is 0.0209. The largest absolute Gasteiger partial charge is 0.384 e. The molecule has 1 unspecified atom stereocenters. The van der Waals surface area contributed by atoms with Gasteiger partial charge in [0, 0.05) is 35.8 Å². The van der Waals surface area contributed by atoms with E-state index in [4.69, 9.17) is 5.73 Å². The third-order valence-electron chi connectivity index (χ3n) is 7.10. The molecule has 0 radical (unpaired) electrons. The zero-order valence-corrected chi connectivity index (χ0v) is 24.3. The quantitative estimate of drug-likeness (QED) is 0.381. The number of carbonyl (C=O) groups is 2. The van der Waals surface area contributed by atoms with Crippen molar-refractivity contribution in [2.24, 2.45) is 11.1 Å². The van der Waals surface area contributed by atoms with Gasteiger partial charge in [0.25, 0.3) is 0 Å². The van der Waals surface area contributed by atoms with Crippen molar-refractivity contribution in [1.29, 1.82) is 5.26 Å². The van der Waals surface area contributed by atoms with Crippen molar-refractivity contribution in [2.75, 3.05) is 16.0 Å². The van der Waals surface area contributed by atoms with Crippen LogP contribution in [0.5, 0.6) is 0 Å². The van der Waals surface area contributed by atoms with Gasteiger partial charge < -0.3 is 11.1 Å². The van der Waals surface area contributed by atoms with Crippen LogP contribution in [0.2, 0.25) is 0 Å². The van der Waals surface area contributed by atoms with Crippen LogP contribution in [-0.2, 0) is 9.59 Å². The number of nitrogens with one attached hydrogen (secondary N) is 1. The van der Waals surface area contributed by atoms with Crippen molar-refractivity contribution in [1.82, 2.24) is 15.2 Å². The van der Waals surface area contributed by atoms with Crippen LogP contribution in [0.15, 0.2) is 69.7 Å². The molecule has 11 heteroatoms. The number of aromatic nitrogens is 3. The number of aryl methyl sites for hydroxylation is 2. The highest BCUT2D eigenvalue weighted by Crippen LogP contribution is 2.50. The van der Waals surface area contributed by atoms with Crippen molar-refractivity contribution >= 4 is 45.6 Å². The third-order valence-corrected chi connectivity index (χ3v) is 9.14. The molecule has 2 aliphatic rings. The number of pyridine rings is 1. The van der Waals surface area contributed by atoms with Crippen LogP contribution < -0.4 is 16.0 Å². The van der Waals surface area contributed by atoms with E-state index in [9.17, 15) is 14.9 Å². The monoisotopic (exact) mass is 571 g/mol. The number of amides is 1. The second kappa shape index (κ2) is 10.9.